The Labute approximate surface area is 357 Å². The van der Waals surface area contributed by atoms with Gasteiger partial charge >= 0.3 is 5.97 Å². The first-order chi connectivity index (χ1) is 28.1. The van der Waals surface area contributed by atoms with E-state index in [9.17, 15) is 29.4 Å². The van der Waals surface area contributed by atoms with Gasteiger partial charge in [-0.3, -0.25) is 14.4 Å². The topological polar surface area (TPSA) is 160 Å². The van der Waals surface area contributed by atoms with E-state index in [4.69, 9.17) is 19.3 Å². The minimum absolute atomic E-state index is 0.0105. The van der Waals surface area contributed by atoms with Crippen LogP contribution in [-0.2, 0) is 33.4 Å². The molecule has 59 heavy (non-hydrogen) atoms. The molecule has 1 aliphatic carbocycles. The summed E-state index contributed by atoms with van der Waals surface area (Å²) in [6, 6.07) is -0.523. The fourth-order valence-electron chi connectivity index (χ4n) is 6.82. The van der Waals surface area contributed by atoms with Gasteiger partial charge in [0.2, 0.25) is 5.91 Å². The number of piperidine rings is 1. The zero-order valence-electron chi connectivity index (χ0n) is 38.5. The number of aliphatic hydroxyl groups excluding tert-OH is 2. The van der Waals surface area contributed by atoms with Gasteiger partial charge in [0, 0.05) is 31.9 Å². The van der Waals surface area contributed by atoms with Crippen molar-refractivity contribution in [2.75, 3.05) is 26.9 Å². The van der Waals surface area contributed by atoms with Gasteiger partial charge in [0.25, 0.3) is 0 Å². The van der Waals surface area contributed by atoms with Gasteiger partial charge in [-0.2, -0.15) is 0 Å². The van der Waals surface area contributed by atoms with Crippen molar-refractivity contribution in [1.29, 1.82) is 0 Å². The number of rotatable bonds is 18. The monoisotopic (exact) mass is 834 g/mol. The molecule has 2 saturated heterocycles. The Bertz CT molecular complexity index is 1320. The fraction of sp³-hybridized carbons (Fsp3) is 0.750. The van der Waals surface area contributed by atoms with Crippen LogP contribution in [0.5, 0.6) is 0 Å². The third-order valence-electron chi connectivity index (χ3n) is 11.0. The maximum atomic E-state index is 12.7. The molecular weight excluding hydrogens is 751 g/mol. The van der Waals surface area contributed by atoms with Gasteiger partial charge in [0.05, 0.1) is 25.7 Å². The van der Waals surface area contributed by atoms with Crippen LogP contribution < -0.4 is 0 Å². The number of allylic oxidation sites excluding steroid dienone is 7. The number of ether oxygens (including phenoxy) is 3. The van der Waals surface area contributed by atoms with Crippen LogP contribution in [0.3, 0.4) is 0 Å². The van der Waals surface area contributed by atoms with Gasteiger partial charge in [0.15, 0.2) is 11.6 Å². The van der Waals surface area contributed by atoms with E-state index in [1.165, 1.54) is 38.9 Å². The van der Waals surface area contributed by atoms with Crippen molar-refractivity contribution in [3.63, 3.8) is 0 Å². The maximum Gasteiger partial charge on any atom is 0.328 e. The van der Waals surface area contributed by atoms with Crippen molar-refractivity contribution in [1.82, 2.24) is 4.90 Å². The van der Waals surface area contributed by atoms with Crippen LogP contribution in [0.15, 0.2) is 47.6 Å². The molecule has 0 spiro atoms. The zero-order valence-corrected chi connectivity index (χ0v) is 38.5. The molecule has 3 N–H and O–H groups in total. The van der Waals surface area contributed by atoms with Gasteiger partial charge < -0.3 is 34.4 Å². The van der Waals surface area contributed by atoms with E-state index in [0.29, 0.717) is 38.2 Å². The van der Waals surface area contributed by atoms with E-state index in [1.807, 2.05) is 58.9 Å². The minimum Gasteiger partial charge on any atom is -0.464 e. The molecule has 2 heterocycles. The lowest BCUT2D eigenvalue weighted by Crippen LogP contribution is -2.53. The molecule has 1 amide bonds. The number of carbonyl (C=O) groups is 4. The summed E-state index contributed by atoms with van der Waals surface area (Å²) in [5.74, 6) is -2.38. The Morgan fingerprint density at radius 3 is 2.15 bits per heavy atom. The molecular formula is C48H83NO10. The second kappa shape index (κ2) is 32.8. The van der Waals surface area contributed by atoms with Gasteiger partial charge in [-0.25, -0.2) is 4.79 Å². The molecule has 11 nitrogen and oxygen atoms in total. The van der Waals surface area contributed by atoms with E-state index in [0.717, 1.165) is 57.8 Å². The Morgan fingerprint density at radius 2 is 1.59 bits per heavy atom. The van der Waals surface area contributed by atoms with Crippen LogP contribution in [0.4, 0.5) is 0 Å². The molecule has 0 bridgehead atoms. The molecule has 6 atom stereocenters. The molecule has 3 rings (SSSR count). The molecule has 2 aliphatic heterocycles. The quantitative estimate of drug-likeness (QED) is 0.0692. The van der Waals surface area contributed by atoms with Crippen LogP contribution >= 0.6 is 0 Å². The lowest BCUT2D eigenvalue weighted by atomic mass is 9.89. The molecule has 0 aromatic heterocycles. The number of esters is 1. The van der Waals surface area contributed by atoms with Crippen molar-refractivity contribution in [3.05, 3.63) is 47.6 Å². The van der Waals surface area contributed by atoms with Crippen LogP contribution in [0, 0.1) is 11.8 Å². The first kappa shape index (κ1) is 56.0. The number of amides is 1. The SMILES string of the molecule is CC.CC/C(C)=C/C=C/C=C/CCC(C)C(=O)[C@H](OC)C(O)/C(C)=C/CC(C)=O.CCCOC(=O)C1CCCCN1C(=O)CC1(O)OCCCC1C.OC1CCCCC1. The summed E-state index contributed by atoms with van der Waals surface area (Å²) in [6.07, 6.45) is 23.3. The predicted octanol–water partition coefficient (Wildman–Crippen LogP) is 8.93. The molecule has 5 unspecified atom stereocenters. The van der Waals surface area contributed by atoms with Gasteiger partial charge in [0.1, 0.15) is 24.0 Å². The number of ketones is 2. The first-order valence-electron chi connectivity index (χ1n) is 22.5. The van der Waals surface area contributed by atoms with Crippen LogP contribution in [0.2, 0.25) is 0 Å². The average molecular weight is 834 g/mol. The van der Waals surface area contributed by atoms with Gasteiger partial charge in [-0.05, 0) is 97.0 Å². The molecule has 3 aliphatic rings. The van der Waals surface area contributed by atoms with E-state index < -0.39 is 24.0 Å². The summed E-state index contributed by atoms with van der Waals surface area (Å²) in [4.78, 5) is 50.1. The van der Waals surface area contributed by atoms with Crippen LogP contribution in [0.1, 0.15) is 165 Å². The van der Waals surface area contributed by atoms with Crippen molar-refractivity contribution >= 4 is 23.4 Å². The number of aliphatic hydroxyl groups is 3. The van der Waals surface area contributed by atoms with Crippen molar-refractivity contribution in [2.24, 2.45) is 11.8 Å². The first-order valence-corrected chi connectivity index (χ1v) is 22.5. The Hall–Kier alpha value is -2.96. The van der Waals surface area contributed by atoms with Gasteiger partial charge in [-0.1, -0.05) is 103 Å². The smallest absolute Gasteiger partial charge is 0.328 e. The molecule has 0 radical (unpaired) electrons. The number of hydrogen-bond acceptors (Lipinski definition) is 10. The number of carbonyl (C=O) groups excluding carboxylic acids is 4. The molecule has 0 aromatic carbocycles. The molecule has 11 heteroatoms. The van der Waals surface area contributed by atoms with Crippen LogP contribution in [0.25, 0.3) is 0 Å². The van der Waals surface area contributed by atoms with Crippen LogP contribution in [-0.4, -0.2) is 101 Å². The van der Waals surface area contributed by atoms with Crippen molar-refractivity contribution < 1.29 is 48.7 Å². The number of nitrogens with zero attached hydrogens (tertiary/aromatic N) is 1. The number of likely N-dealkylation sites (tertiary alicyclic amines) is 1. The summed E-state index contributed by atoms with van der Waals surface area (Å²) in [5, 5.41) is 29.9. The fourth-order valence-corrected chi connectivity index (χ4v) is 6.82. The molecule has 0 aromatic rings. The number of hydrogen-bond donors (Lipinski definition) is 3. The van der Waals surface area contributed by atoms with E-state index in [1.54, 1.807) is 17.9 Å². The van der Waals surface area contributed by atoms with E-state index in [-0.39, 0.29) is 54.2 Å². The second-order valence-electron chi connectivity index (χ2n) is 16.0. The third-order valence-corrected chi connectivity index (χ3v) is 11.0. The maximum absolute atomic E-state index is 12.7. The van der Waals surface area contributed by atoms with Gasteiger partial charge in [-0.15, -0.1) is 0 Å². The normalized spacial score (nSPS) is 23.1. The number of methoxy groups -OCH3 is 1. The Morgan fingerprint density at radius 1 is 0.932 bits per heavy atom. The summed E-state index contributed by atoms with van der Waals surface area (Å²) in [5.41, 5.74) is 1.91. The van der Waals surface area contributed by atoms with E-state index >= 15 is 0 Å². The van der Waals surface area contributed by atoms with Crippen molar-refractivity contribution in [2.45, 2.75) is 195 Å². The molecule has 340 valence electrons. The summed E-state index contributed by atoms with van der Waals surface area (Å²) >= 11 is 0. The highest BCUT2D eigenvalue weighted by Gasteiger charge is 2.43. The largest absolute Gasteiger partial charge is 0.464 e. The zero-order chi connectivity index (χ0) is 44.8. The lowest BCUT2D eigenvalue weighted by Gasteiger charge is -2.40. The summed E-state index contributed by atoms with van der Waals surface area (Å²) in [6.45, 7) is 18.5. The molecule has 3 fully saturated rings. The standard InChI is InChI=1S/C23H36O4.C17H29NO5.C6H12O.C2H6/c1-7-17(2)13-11-9-8-10-12-14-18(3)21(25)23(27-6)22(26)19(4)15-16-20(5)24;1-3-10-22-16(20)14-8-4-5-9-18(14)15(19)12-17(21)13(2)7-6-11-23-17;7-6-4-2-1-3-5-6;1-2/h8-11,13,15,18,22-23,26H,7,12,14,16H2,1-6H3;13-14,21H,3-12H2,1-2H3;6-7H,1-5H2;1-2H3/b10-8+,11-9+,17-13+,19-15+;;;/t18?,22?,23-;;;/m0.../s1. The summed E-state index contributed by atoms with van der Waals surface area (Å²) in [7, 11) is 1.42. The number of Topliss-reactive ketones (excluding diaryl/α,β-unsaturated/α-hetero) is 2. The lowest BCUT2D eigenvalue weighted by molar-refractivity contribution is -0.255. The minimum atomic E-state index is -1.41. The Balaban J connectivity index is 0.000000946. The molecule has 1 saturated carbocycles. The predicted molar refractivity (Wildman–Crippen MR) is 237 cm³/mol. The highest BCUT2D eigenvalue weighted by Crippen LogP contribution is 2.33. The van der Waals surface area contributed by atoms with Crippen molar-refractivity contribution in [3.8, 4) is 0 Å². The average Bonchev–Trinajstić information content (AvgIpc) is 3.23. The third kappa shape index (κ3) is 23.0. The highest BCUT2D eigenvalue weighted by molar-refractivity contribution is 5.86. The van der Waals surface area contributed by atoms with E-state index in [2.05, 4.69) is 19.9 Å². The second-order valence-corrected chi connectivity index (χ2v) is 16.0. The highest BCUT2D eigenvalue weighted by atomic mass is 16.6. The summed E-state index contributed by atoms with van der Waals surface area (Å²) < 4.78 is 16.0. The Kier molecular flexibility index (Phi) is 31.1.